The number of hydrogen-bond donors (Lipinski definition) is 2. The minimum Gasteiger partial charge on any atom is -0.445 e. The summed E-state index contributed by atoms with van der Waals surface area (Å²) in [5.41, 5.74) is 0.950. The molecule has 0 aliphatic carbocycles. The minimum absolute atomic E-state index is 0.00633. The molecule has 1 saturated heterocycles. The zero-order valence-electron chi connectivity index (χ0n) is 16.9. The van der Waals surface area contributed by atoms with Gasteiger partial charge in [0, 0.05) is 5.75 Å². The molecule has 0 aromatic heterocycles. The second kappa shape index (κ2) is 9.93. The molecule has 1 aliphatic rings. The van der Waals surface area contributed by atoms with Crippen LogP contribution in [0.5, 0.6) is 0 Å². The molecule has 31 heavy (non-hydrogen) atoms. The van der Waals surface area contributed by atoms with Crippen LogP contribution < -0.4 is 4.72 Å². The maximum absolute atomic E-state index is 14.9. The molecule has 1 amide bonds. The van der Waals surface area contributed by atoms with Gasteiger partial charge in [0.25, 0.3) is 0 Å². The van der Waals surface area contributed by atoms with E-state index in [0.29, 0.717) is 0 Å². The third kappa shape index (κ3) is 5.72. The fraction of sp³-hybridized carbons (Fsp3) is 0.381. The van der Waals surface area contributed by atoms with Crippen LogP contribution in [0.2, 0.25) is 5.02 Å². The Kier molecular flexibility index (Phi) is 7.51. The number of rotatable bonds is 7. The van der Waals surface area contributed by atoms with Gasteiger partial charge in [-0.25, -0.2) is 27.3 Å². The molecule has 2 aromatic rings. The first-order chi connectivity index (χ1) is 14.7. The molecule has 1 heterocycles. The molecule has 2 aromatic carbocycles. The standard InChI is InChI=1S/C21H24ClF2N3O3S/c1-2-31(25,29)26-20-17(23)12-27(21(28)30-13-14-7-4-3-5-8-14)18(20)11-15-9-6-10-16(22)19(15)24/h3-10,17-18,20H,2,11-13H2,1H3,(H2,25,26,29)/t17-,18-,20-,31?/m0/s1. The van der Waals surface area contributed by atoms with E-state index < -0.39 is 40.1 Å². The quantitative estimate of drug-likeness (QED) is 0.630. The molecule has 2 N–H and O–H groups in total. The molecule has 168 valence electrons. The van der Waals surface area contributed by atoms with Gasteiger partial charge in [-0.3, -0.25) is 0 Å². The third-order valence-electron chi connectivity index (χ3n) is 5.21. The molecule has 1 fully saturated rings. The molecule has 0 saturated carbocycles. The van der Waals surface area contributed by atoms with Crippen LogP contribution in [0, 0.1) is 10.6 Å². The zero-order chi connectivity index (χ0) is 22.6. The van der Waals surface area contributed by atoms with Crippen LogP contribution in [0.25, 0.3) is 0 Å². The van der Waals surface area contributed by atoms with Crippen molar-refractivity contribution in [1.82, 2.24) is 9.62 Å². The maximum Gasteiger partial charge on any atom is 0.410 e. The van der Waals surface area contributed by atoms with E-state index >= 15 is 0 Å². The van der Waals surface area contributed by atoms with Crippen LogP contribution in [0.1, 0.15) is 18.1 Å². The van der Waals surface area contributed by atoms with Gasteiger partial charge in [-0.2, -0.15) is 0 Å². The molecule has 4 atom stereocenters. The summed E-state index contributed by atoms with van der Waals surface area (Å²) in [5, 5.41) is -0.0899. The van der Waals surface area contributed by atoms with Gasteiger partial charge in [-0.15, -0.1) is 0 Å². The number of hydrogen-bond acceptors (Lipinski definition) is 4. The molecule has 1 aliphatic heterocycles. The first-order valence-corrected chi connectivity index (χ1v) is 11.9. The summed E-state index contributed by atoms with van der Waals surface area (Å²) in [6.07, 6.45) is -2.45. The number of nitrogens with zero attached hydrogens (tertiary/aromatic N) is 1. The summed E-state index contributed by atoms with van der Waals surface area (Å²) in [7, 11) is -3.27. The van der Waals surface area contributed by atoms with E-state index in [2.05, 4.69) is 4.72 Å². The number of carbonyl (C=O) groups excluding carboxylic acids is 1. The number of halogens is 3. The minimum atomic E-state index is -3.27. The van der Waals surface area contributed by atoms with E-state index in [4.69, 9.17) is 21.1 Å². The van der Waals surface area contributed by atoms with Gasteiger partial charge < -0.3 is 9.64 Å². The predicted octanol–water partition coefficient (Wildman–Crippen LogP) is 4.32. The van der Waals surface area contributed by atoms with Gasteiger partial charge in [0.1, 0.15) is 28.5 Å². The lowest BCUT2D eigenvalue weighted by molar-refractivity contribution is 0.0894. The van der Waals surface area contributed by atoms with Crippen LogP contribution in [-0.4, -0.2) is 45.8 Å². The summed E-state index contributed by atoms with van der Waals surface area (Å²) in [6, 6.07) is 11.4. The Morgan fingerprint density at radius 1 is 1.29 bits per heavy atom. The average Bonchev–Trinajstić information content (AvgIpc) is 3.05. The average molecular weight is 472 g/mol. The van der Waals surface area contributed by atoms with Crippen LogP contribution >= 0.6 is 11.6 Å². The van der Waals surface area contributed by atoms with Gasteiger partial charge in [-0.05, 0) is 23.6 Å². The number of ether oxygens (including phenoxy) is 1. The predicted molar refractivity (Wildman–Crippen MR) is 115 cm³/mol. The molecular formula is C21H24ClF2N3O3S. The summed E-state index contributed by atoms with van der Waals surface area (Å²) >= 11 is 5.86. The Morgan fingerprint density at radius 2 is 2.00 bits per heavy atom. The zero-order valence-corrected chi connectivity index (χ0v) is 18.5. The molecule has 6 nitrogen and oxygen atoms in total. The molecular weight excluding hydrogens is 448 g/mol. The fourth-order valence-corrected chi connectivity index (χ4v) is 4.61. The highest BCUT2D eigenvalue weighted by molar-refractivity contribution is 7.90. The highest BCUT2D eigenvalue weighted by Crippen LogP contribution is 2.28. The lowest BCUT2D eigenvalue weighted by Crippen LogP contribution is -2.49. The van der Waals surface area contributed by atoms with E-state index in [-0.39, 0.29) is 35.9 Å². The molecule has 3 rings (SSSR count). The van der Waals surface area contributed by atoms with Gasteiger partial charge in [0.2, 0.25) is 0 Å². The highest BCUT2D eigenvalue weighted by Gasteiger charge is 2.46. The van der Waals surface area contributed by atoms with Crippen LogP contribution in [0.4, 0.5) is 13.6 Å². The van der Waals surface area contributed by atoms with Crippen molar-refractivity contribution in [3.05, 3.63) is 70.5 Å². The van der Waals surface area contributed by atoms with Gasteiger partial charge >= 0.3 is 6.09 Å². The number of amides is 1. The van der Waals surface area contributed by atoms with Crippen molar-refractivity contribution < 1.29 is 22.5 Å². The second-order valence-electron chi connectivity index (χ2n) is 7.30. The second-order valence-corrected chi connectivity index (χ2v) is 9.87. The van der Waals surface area contributed by atoms with Gasteiger partial charge in [-0.1, -0.05) is 61.0 Å². The van der Waals surface area contributed by atoms with Gasteiger partial charge in [0.15, 0.2) is 0 Å². The molecule has 0 radical (unpaired) electrons. The van der Waals surface area contributed by atoms with E-state index in [0.717, 1.165) is 10.5 Å². The first-order valence-electron chi connectivity index (χ1n) is 9.80. The topological polar surface area (TPSA) is 82.5 Å². The lowest BCUT2D eigenvalue weighted by Gasteiger charge is -2.28. The van der Waals surface area contributed by atoms with Crippen LogP contribution in [0.3, 0.4) is 0 Å². The monoisotopic (exact) mass is 471 g/mol. The fourth-order valence-electron chi connectivity index (χ4n) is 3.51. The summed E-state index contributed by atoms with van der Waals surface area (Å²) < 4.78 is 57.5. The third-order valence-corrected chi connectivity index (χ3v) is 6.97. The van der Waals surface area contributed by atoms with E-state index in [1.807, 2.05) is 6.07 Å². The Labute approximate surface area is 185 Å². The molecule has 1 unspecified atom stereocenters. The largest absolute Gasteiger partial charge is 0.445 e. The number of carbonyl (C=O) groups is 1. The lowest BCUT2D eigenvalue weighted by atomic mass is 10.00. The summed E-state index contributed by atoms with van der Waals surface area (Å²) in [4.78, 5) is 13.9. The van der Waals surface area contributed by atoms with E-state index in [9.17, 15) is 17.8 Å². The Bertz CT molecular complexity index is 1020. The smallest absolute Gasteiger partial charge is 0.410 e. The van der Waals surface area contributed by atoms with Crippen molar-refractivity contribution in [2.75, 3.05) is 12.3 Å². The SMILES string of the molecule is CCS(=N)(=O)N[C@H]1[C@@H](F)CN(C(=O)OCc2ccccc2)[C@H]1Cc1cccc(Cl)c1F. The van der Waals surface area contributed by atoms with Crippen molar-refractivity contribution in [1.29, 1.82) is 4.78 Å². The number of alkyl halides is 1. The number of likely N-dealkylation sites (tertiary alicyclic amines) is 1. The van der Waals surface area contributed by atoms with E-state index in [1.165, 1.54) is 12.1 Å². The van der Waals surface area contributed by atoms with Crippen LogP contribution in [0.15, 0.2) is 48.5 Å². The molecule has 0 bridgehead atoms. The maximum atomic E-state index is 14.9. The van der Waals surface area contributed by atoms with Crippen molar-refractivity contribution >= 4 is 27.6 Å². The number of benzene rings is 2. The van der Waals surface area contributed by atoms with Crippen molar-refractivity contribution in [2.45, 2.75) is 38.2 Å². The first kappa shape index (κ1) is 23.4. The summed E-state index contributed by atoms with van der Waals surface area (Å²) in [5.74, 6) is -0.697. The van der Waals surface area contributed by atoms with Crippen molar-refractivity contribution in [3.8, 4) is 0 Å². The highest BCUT2D eigenvalue weighted by atomic mass is 35.5. The van der Waals surface area contributed by atoms with Crippen LogP contribution in [-0.2, 0) is 27.7 Å². The normalized spacial score (nSPS) is 22.8. The Morgan fingerprint density at radius 3 is 2.68 bits per heavy atom. The van der Waals surface area contributed by atoms with Crippen molar-refractivity contribution in [2.24, 2.45) is 0 Å². The summed E-state index contributed by atoms with van der Waals surface area (Å²) in [6.45, 7) is 1.22. The Balaban J connectivity index is 1.85. The van der Waals surface area contributed by atoms with Gasteiger partial charge in [0.05, 0.1) is 23.7 Å². The van der Waals surface area contributed by atoms with E-state index in [1.54, 1.807) is 37.3 Å². The Hall–Kier alpha value is -2.23. The number of nitrogens with one attached hydrogen (secondary N) is 2. The molecule has 10 heteroatoms. The molecule has 0 spiro atoms. The van der Waals surface area contributed by atoms with Crippen molar-refractivity contribution in [3.63, 3.8) is 0 Å².